The molecule has 3 heterocycles. The van der Waals surface area contributed by atoms with E-state index in [4.69, 9.17) is 0 Å². The zero-order chi connectivity index (χ0) is 35.0. The summed E-state index contributed by atoms with van der Waals surface area (Å²) in [5.74, 6) is 0. The maximum atomic E-state index is 9.68. The van der Waals surface area contributed by atoms with Gasteiger partial charge in [-0.3, -0.25) is 0 Å². The smallest absolute Gasteiger partial charge is 0.259 e. The zero-order valence-corrected chi connectivity index (χ0v) is 29.9. The number of anilines is 3. The number of rotatable bonds is 1. The highest BCUT2D eigenvalue weighted by Gasteiger charge is 2.51. The van der Waals surface area contributed by atoms with Crippen molar-refractivity contribution < 1.29 is 4.11 Å². The van der Waals surface area contributed by atoms with Gasteiger partial charge in [-0.1, -0.05) is 112 Å². The molecule has 2 aliphatic carbocycles. The summed E-state index contributed by atoms with van der Waals surface area (Å²) >= 11 is 1.88. The van der Waals surface area contributed by atoms with Gasteiger partial charge in [0.1, 0.15) is 0 Å². The second-order valence-corrected chi connectivity index (χ2v) is 18.9. The van der Waals surface area contributed by atoms with Crippen molar-refractivity contribution in [1.82, 2.24) is 0 Å². The van der Waals surface area contributed by atoms with Gasteiger partial charge >= 0.3 is 0 Å². The number of hydrogen-bond donors (Lipinski definition) is 0. The zero-order valence-electron chi connectivity index (χ0n) is 32.0. The van der Waals surface area contributed by atoms with Gasteiger partial charge < -0.3 is 4.90 Å². The van der Waals surface area contributed by atoms with E-state index >= 15 is 0 Å². The molecule has 3 heteroatoms. The van der Waals surface area contributed by atoms with Crippen LogP contribution in [0, 0.1) is 0 Å². The fraction of sp³-hybridized carbons (Fsp3) is 0.395. The quantitative estimate of drug-likeness (QED) is 0.165. The maximum absolute atomic E-state index is 9.68. The van der Waals surface area contributed by atoms with Gasteiger partial charge in [0.05, 0.1) is 4.11 Å². The fourth-order valence-electron chi connectivity index (χ4n) is 10.8. The lowest BCUT2D eigenvalue weighted by Crippen LogP contribution is -2.63. The van der Waals surface area contributed by atoms with Gasteiger partial charge in [0.15, 0.2) is 0 Å². The van der Waals surface area contributed by atoms with E-state index in [0.29, 0.717) is 0 Å². The molecule has 4 aliphatic rings. The van der Waals surface area contributed by atoms with Crippen molar-refractivity contribution in [3.8, 4) is 0 Å². The van der Waals surface area contributed by atoms with Gasteiger partial charge in [0, 0.05) is 27.2 Å². The van der Waals surface area contributed by atoms with E-state index in [-0.39, 0.29) is 46.5 Å². The van der Waals surface area contributed by atoms with E-state index in [2.05, 4.69) is 129 Å². The molecule has 0 bridgehead atoms. The van der Waals surface area contributed by atoms with Gasteiger partial charge in [-0.15, -0.1) is 11.3 Å². The monoisotopic (exact) mass is 622 g/mol. The number of hydrogen-bond acceptors (Lipinski definition) is 2. The van der Waals surface area contributed by atoms with Crippen molar-refractivity contribution in [1.29, 1.82) is 0 Å². The SMILES string of the molecule is [2H]c1c([2H])c2c3c(c1[2H])C(C)(C)c1c(sc4ccccc14)B3c1cc3c(cc1N2c1ccc2c(c1)C(C)(C)CC2(C)C)C(C)(C)CC3(C)C. The van der Waals surface area contributed by atoms with Crippen molar-refractivity contribution in [3.05, 3.63) is 106 Å². The molecule has 2 aliphatic heterocycles. The first-order valence-electron chi connectivity index (χ1n) is 18.6. The van der Waals surface area contributed by atoms with Crippen LogP contribution in [0.5, 0.6) is 0 Å². The molecule has 46 heavy (non-hydrogen) atoms. The molecule has 0 saturated carbocycles. The van der Waals surface area contributed by atoms with Crippen molar-refractivity contribution >= 4 is 60.9 Å². The molecule has 5 aromatic rings. The van der Waals surface area contributed by atoms with Crippen LogP contribution < -0.4 is 20.6 Å². The van der Waals surface area contributed by atoms with E-state index in [1.165, 1.54) is 48.1 Å². The predicted molar refractivity (Wildman–Crippen MR) is 201 cm³/mol. The molecule has 0 N–H and O–H groups in total. The number of fused-ring (bicyclic) bond motifs is 8. The van der Waals surface area contributed by atoms with Gasteiger partial charge in [-0.05, 0) is 119 Å². The molecule has 0 atom stereocenters. The summed E-state index contributed by atoms with van der Waals surface area (Å²) in [4.78, 5) is 2.34. The minimum absolute atomic E-state index is 0.00165. The average Bonchev–Trinajstić information content (AvgIpc) is 3.55. The third kappa shape index (κ3) is 3.54. The van der Waals surface area contributed by atoms with E-state index < -0.39 is 5.41 Å². The lowest BCUT2D eigenvalue weighted by molar-refractivity contribution is 0.403. The number of nitrogens with zero attached hydrogens (tertiary/aromatic N) is 1. The summed E-state index contributed by atoms with van der Waals surface area (Å²) in [6, 6.07) is 21.0. The Bertz CT molecular complexity index is 2320. The molecular formula is C43H46BNS. The molecule has 0 fully saturated rings. The van der Waals surface area contributed by atoms with Crippen LogP contribution in [0.3, 0.4) is 0 Å². The van der Waals surface area contributed by atoms with Crippen molar-refractivity contribution in [2.45, 2.75) is 109 Å². The minimum atomic E-state index is -0.513. The highest BCUT2D eigenvalue weighted by Crippen LogP contribution is 2.54. The largest absolute Gasteiger partial charge is 0.311 e. The lowest BCUT2D eigenvalue weighted by Gasteiger charge is -2.45. The third-order valence-electron chi connectivity index (χ3n) is 12.2. The van der Waals surface area contributed by atoms with Crippen LogP contribution >= 0.6 is 11.3 Å². The predicted octanol–water partition coefficient (Wildman–Crippen LogP) is 9.76. The lowest BCUT2D eigenvalue weighted by atomic mass is 9.32. The molecular weight excluding hydrogens is 573 g/mol. The highest BCUT2D eigenvalue weighted by atomic mass is 32.1. The summed E-state index contributed by atoms with van der Waals surface area (Å²) < 4.78 is 31.1. The summed E-state index contributed by atoms with van der Waals surface area (Å²) in [6.07, 6.45) is 2.16. The van der Waals surface area contributed by atoms with Crippen molar-refractivity contribution in [2.75, 3.05) is 4.90 Å². The molecule has 0 spiro atoms. The standard InChI is InChI=1S/C43H46BNS/c1-39(2)23-40(3,4)29-20-25(18-19-27(29)39)45-33-16-13-15-28-37(33)44(38-36(43(28,9)10)26-14-11-12-17-35(26)46-38)32-21-30-31(22-34(32)45)42(7,8)24-41(30,5)6/h11-22H,23-24H2,1-10H3/i13D,15D,16D. The minimum Gasteiger partial charge on any atom is -0.311 e. The van der Waals surface area contributed by atoms with Gasteiger partial charge in [0.25, 0.3) is 6.71 Å². The van der Waals surface area contributed by atoms with Crippen LogP contribution in [0.2, 0.25) is 0 Å². The van der Waals surface area contributed by atoms with Gasteiger partial charge in [-0.2, -0.15) is 0 Å². The van der Waals surface area contributed by atoms with Crippen LogP contribution in [0.25, 0.3) is 10.1 Å². The van der Waals surface area contributed by atoms with Crippen LogP contribution in [-0.2, 0) is 27.1 Å². The third-order valence-corrected chi connectivity index (χ3v) is 13.4. The number of benzene rings is 4. The van der Waals surface area contributed by atoms with E-state index in [1.54, 1.807) is 0 Å². The molecule has 0 saturated heterocycles. The molecule has 1 nitrogen and oxygen atoms in total. The molecule has 4 aromatic carbocycles. The number of thiophene rings is 1. The van der Waals surface area contributed by atoms with Crippen molar-refractivity contribution in [3.63, 3.8) is 0 Å². The Hall–Kier alpha value is -3.30. The molecule has 9 rings (SSSR count). The molecule has 0 radical (unpaired) electrons. The summed E-state index contributed by atoms with van der Waals surface area (Å²) in [6.45, 7) is 23.4. The average molecular weight is 623 g/mol. The Labute approximate surface area is 284 Å². The Kier molecular flexibility index (Phi) is 4.81. The summed E-state index contributed by atoms with van der Waals surface area (Å²) in [7, 11) is 0. The first-order valence-corrected chi connectivity index (χ1v) is 17.9. The first kappa shape index (κ1) is 25.8. The van der Waals surface area contributed by atoms with E-state index in [9.17, 15) is 4.11 Å². The fourth-order valence-corrected chi connectivity index (χ4v) is 12.3. The molecule has 1 aromatic heterocycles. The Morgan fingerprint density at radius 2 is 1.30 bits per heavy atom. The molecule has 232 valence electrons. The molecule has 0 amide bonds. The van der Waals surface area contributed by atoms with Crippen LogP contribution in [0.4, 0.5) is 17.1 Å². The Balaban J connectivity index is 1.45. The molecule has 0 unspecified atom stereocenters. The van der Waals surface area contributed by atoms with Crippen LogP contribution in [-0.4, -0.2) is 6.71 Å². The maximum Gasteiger partial charge on any atom is 0.259 e. The van der Waals surface area contributed by atoms with Crippen LogP contribution in [0.15, 0.2) is 72.7 Å². The normalized spacial score (nSPS) is 22.3. The highest BCUT2D eigenvalue weighted by molar-refractivity contribution is 7.32. The Morgan fingerprint density at radius 1 is 0.674 bits per heavy atom. The summed E-state index contributed by atoms with van der Waals surface area (Å²) in [5, 5.41) is 1.25. The van der Waals surface area contributed by atoms with Crippen molar-refractivity contribution in [2.24, 2.45) is 0 Å². The second kappa shape index (κ2) is 8.59. The van der Waals surface area contributed by atoms with Gasteiger partial charge in [0.2, 0.25) is 0 Å². The topological polar surface area (TPSA) is 3.24 Å². The van der Waals surface area contributed by atoms with Gasteiger partial charge in [-0.25, -0.2) is 0 Å². The summed E-state index contributed by atoms with van der Waals surface area (Å²) in [5.41, 5.74) is 12.6. The van der Waals surface area contributed by atoms with E-state index in [1.807, 2.05) is 11.3 Å². The van der Waals surface area contributed by atoms with E-state index in [0.717, 1.165) is 40.9 Å². The van der Waals surface area contributed by atoms with Crippen LogP contribution in [0.1, 0.15) is 120 Å². The Morgan fingerprint density at radius 3 is 2.02 bits per heavy atom. The first-order chi connectivity index (χ1) is 22.8. The second-order valence-electron chi connectivity index (χ2n) is 17.8.